The van der Waals surface area contributed by atoms with Crippen LogP contribution in [0, 0.1) is 0 Å². The summed E-state index contributed by atoms with van der Waals surface area (Å²) in [5.41, 5.74) is 0. The summed E-state index contributed by atoms with van der Waals surface area (Å²) in [5.74, 6) is 2.05. The quantitative estimate of drug-likeness (QED) is 0.259. The Morgan fingerprint density at radius 1 is 0.542 bits per heavy atom. The van der Waals surface area contributed by atoms with Gasteiger partial charge >= 0.3 is 6.18 Å². The minimum Gasteiger partial charge on any atom is -0.396 e. The lowest BCUT2D eigenvalue weighted by Crippen LogP contribution is -2.06. The molecule has 0 aliphatic rings. The Morgan fingerprint density at radius 3 is 1.29 bits per heavy atom. The van der Waals surface area contributed by atoms with Crippen molar-refractivity contribution in [1.29, 1.82) is 0 Å². The average molecular weight is 371 g/mol. The first-order chi connectivity index (χ1) is 11.6. The van der Waals surface area contributed by atoms with Crippen molar-refractivity contribution in [2.24, 2.45) is 0 Å². The number of unbranched alkanes of at least 4 members (excludes halogenated alkanes) is 13. The zero-order valence-corrected chi connectivity index (χ0v) is 16.0. The molecule has 0 heterocycles. The first-order valence-corrected chi connectivity index (χ1v) is 11.0. The van der Waals surface area contributed by atoms with Gasteiger partial charge in [0, 0.05) is 12.2 Å². The molecule has 146 valence electrons. The third-order valence-corrected chi connectivity index (χ3v) is 5.28. The van der Waals surface area contributed by atoms with E-state index in [0.717, 1.165) is 25.0 Å². The maximum atomic E-state index is 12.0. The molecule has 0 aromatic heterocycles. The second-order valence-corrected chi connectivity index (χ2v) is 7.88. The van der Waals surface area contributed by atoms with Crippen molar-refractivity contribution in [3.63, 3.8) is 0 Å². The number of aliphatic hydroxyl groups excluding tert-OH is 1. The Bertz CT molecular complexity index is 247. The lowest BCUT2D eigenvalue weighted by atomic mass is 10.0. The minimum absolute atomic E-state index is 0.294. The van der Waals surface area contributed by atoms with Crippen molar-refractivity contribution in [2.75, 3.05) is 18.1 Å². The van der Waals surface area contributed by atoms with Gasteiger partial charge in [0.05, 0.1) is 6.61 Å². The molecule has 0 saturated carbocycles. The van der Waals surface area contributed by atoms with Crippen molar-refractivity contribution in [3.8, 4) is 0 Å². The molecule has 1 nitrogen and oxygen atoms in total. The van der Waals surface area contributed by atoms with Gasteiger partial charge in [-0.2, -0.15) is 24.9 Å². The molecule has 0 saturated heterocycles. The van der Waals surface area contributed by atoms with Gasteiger partial charge in [-0.3, -0.25) is 0 Å². The van der Waals surface area contributed by atoms with Crippen LogP contribution in [0.5, 0.6) is 0 Å². The molecule has 0 aliphatic carbocycles. The monoisotopic (exact) mass is 370 g/mol. The van der Waals surface area contributed by atoms with E-state index in [-0.39, 0.29) is 0 Å². The van der Waals surface area contributed by atoms with Crippen molar-refractivity contribution >= 4 is 11.8 Å². The fourth-order valence-corrected chi connectivity index (χ4v) is 3.56. The molecule has 0 aliphatic heterocycles. The second kappa shape index (κ2) is 17.9. The number of alkyl halides is 3. The average Bonchev–Trinajstić information content (AvgIpc) is 2.52. The van der Waals surface area contributed by atoms with E-state index in [1.54, 1.807) is 0 Å². The third kappa shape index (κ3) is 22.1. The first-order valence-electron chi connectivity index (χ1n) is 9.81. The van der Waals surface area contributed by atoms with E-state index in [4.69, 9.17) is 5.11 Å². The lowest BCUT2D eigenvalue weighted by Gasteiger charge is -2.05. The fraction of sp³-hybridized carbons (Fsp3) is 1.00. The molecule has 5 heteroatoms. The molecule has 0 radical (unpaired) electrons. The molecule has 0 spiro atoms. The highest BCUT2D eigenvalue weighted by Crippen LogP contribution is 2.23. The van der Waals surface area contributed by atoms with E-state index in [1.165, 1.54) is 70.0 Å². The van der Waals surface area contributed by atoms with Crippen LogP contribution in [0.4, 0.5) is 13.2 Å². The van der Waals surface area contributed by atoms with Gasteiger partial charge in [-0.1, -0.05) is 77.0 Å². The van der Waals surface area contributed by atoms with Crippen LogP contribution >= 0.6 is 11.8 Å². The molecule has 24 heavy (non-hydrogen) atoms. The number of hydrogen-bond acceptors (Lipinski definition) is 2. The van der Waals surface area contributed by atoms with Crippen molar-refractivity contribution < 1.29 is 18.3 Å². The maximum Gasteiger partial charge on any atom is 0.389 e. The molecule has 1 N–H and O–H groups in total. The van der Waals surface area contributed by atoms with E-state index in [2.05, 4.69) is 0 Å². The zero-order valence-electron chi connectivity index (χ0n) is 15.2. The van der Waals surface area contributed by atoms with Gasteiger partial charge in [0.1, 0.15) is 0 Å². The van der Waals surface area contributed by atoms with Crippen molar-refractivity contribution in [2.45, 2.75) is 102 Å². The van der Waals surface area contributed by atoms with Gasteiger partial charge < -0.3 is 5.11 Å². The van der Waals surface area contributed by atoms with Crippen molar-refractivity contribution in [3.05, 3.63) is 0 Å². The molecule has 0 unspecified atom stereocenters. The van der Waals surface area contributed by atoms with E-state index >= 15 is 0 Å². The highest BCUT2D eigenvalue weighted by molar-refractivity contribution is 7.99. The van der Waals surface area contributed by atoms with Gasteiger partial charge in [0.15, 0.2) is 0 Å². The molecule has 0 amide bonds. The summed E-state index contributed by atoms with van der Waals surface area (Å²) in [6, 6.07) is 0. The SMILES string of the molecule is OCCSCCCCCCCCCCCCCCCCC(F)(F)F. The van der Waals surface area contributed by atoms with E-state index in [9.17, 15) is 13.2 Å². The Hall–Kier alpha value is 0.100. The largest absolute Gasteiger partial charge is 0.396 e. The molecule has 0 fully saturated rings. The van der Waals surface area contributed by atoms with Crippen LogP contribution in [0.25, 0.3) is 0 Å². The summed E-state index contributed by atoms with van der Waals surface area (Å²) in [6.07, 6.45) is 11.4. The normalized spacial score (nSPS) is 12.0. The Labute approximate surface area is 151 Å². The number of aliphatic hydroxyl groups is 1. The van der Waals surface area contributed by atoms with E-state index in [0.29, 0.717) is 13.0 Å². The number of thioether (sulfide) groups is 1. The highest BCUT2D eigenvalue weighted by atomic mass is 32.2. The molecule has 0 rings (SSSR count). The molecule has 0 bridgehead atoms. The van der Waals surface area contributed by atoms with E-state index < -0.39 is 12.6 Å². The van der Waals surface area contributed by atoms with Crippen molar-refractivity contribution in [1.82, 2.24) is 0 Å². The molecule has 0 aromatic rings. The maximum absolute atomic E-state index is 12.0. The van der Waals surface area contributed by atoms with Gasteiger partial charge in [0.25, 0.3) is 0 Å². The standard InChI is InChI=1S/C19H37F3OS/c20-19(21,22)15-13-11-9-7-5-3-1-2-4-6-8-10-12-14-17-24-18-16-23/h23H,1-18H2. The molecule has 0 aromatic carbocycles. The summed E-state index contributed by atoms with van der Waals surface area (Å²) in [6.45, 7) is 0.294. The van der Waals surface area contributed by atoms with Gasteiger partial charge in [0.2, 0.25) is 0 Å². The summed E-state index contributed by atoms with van der Waals surface area (Å²) in [5, 5.41) is 8.66. The summed E-state index contributed by atoms with van der Waals surface area (Å²) >= 11 is 1.84. The van der Waals surface area contributed by atoms with Crippen LogP contribution in [0.1, 0.15) is 96.3 Å². The van der Waals surface area contributed by atoms with E-state index in [1.807, 2.05) is 11.8 Å². The summed E-state index contributed by atoms with van der Waals surface area (Å²) < 4.78 is 35.9. The Kier molecular flexibility index (Phi) is 18.0. The van der Waals surface area contributed by atoms with Crippen LogP contribution in [-0.2, 0) is 0 Å². The van der Waals surface area contributed by atoms with Crippen LogP contribution in [0.2, 0.25) is 0 Å². The first kappa shape index (κ1) is 24.1. The zero-order chi connectivity index (χ0) is 17.9. The molecular weight excluding hydrogens is 333 g/mol. The van der Waals surface area contributed by atoms with Crippen LogP contribution < -0.4 is 0 Å². The van der Waals surface area contributed by atoms with Gasteiger partial charge in [-0.05, 0) is 18.6 Å². The molecule has 0 atom stereocenters. The number of rotatable bonds is 18. The predicted octanol–water partition coefficient (Wildman–Crippen LogP) is 7.13. The minimum atomic E-state index is -3.97. The summed E-state index contributed by atoms with van der Waals surface area (Å²) in [4.78, 5) is 0. The number of halogens is 3. The molecular formula is C19H37F3OS. The van der Waals surface area contributed by atoms with Crippen LogP contribution in [0.15, 0.2) is 0 Å². The second-order valence-electron chi connectivity index (χ2n) is 6.65. The predicted molar refractivity (Wildman–Crippen MR) is 99.7 cm³/mol. The fourth-order valence-electron chi connectivity index (χ4n) is 2.82. The van der Waals surface area contributed by atoms with Gasteiger partial charge in [-0.25, -0.2) is 0 Å². The lowest BCUT2D eigenvalue weighted by molar-refractivity contribution is -0.135. The number of hydrogen-bond donors (Lipinski definition) is 1. The van der Waals surface area contributed by atoms with Crippen LogP contribution in [0.3, 0.4) is 0 Å². The topological polar surface area (TPSA) is 20.2 Å². The Balaban J connectivity index is 3.00. The third-order valence-electron chi connectivity index (χ3n) is 4.23. The van der Waals surface area contributed by atoms with Crippen LogP contribution in [-0.4, -0.2) is 29.4 Å². The van der Waals surface area contributed by atoms with Gasteiger partial charge in [-0.15, -0.1) is 0 Å². The Morgan fingerprint density at radius 2 is 0.917 bits per heavy atom. The summed E-state index contributed by atoms with van der Waals surface area (Å²) in [7, 11) is 0. The highest BCUT2D eigenvalue weighted by Gasteiger charge is 2.25. The smallest absolute Gasteiger partial charge is 0.389 e.